The van der Waals surface area contributed by atoms with Crippen molar-refractivity contribution in [2.45, 2.75) is 71.0 Å². The van der Waals surface area contributed by atoms with Crippen LogP contribution in [-0.2, 0) is 26.2 Å². The summed E-state index contributed by atoms with van der Waals surface area (Å²) in [5.41, 5.74) is 2.39. The van der Waals surface area contributed by atoms with Crippen LogP contribution in [0.5, 0.6) is 0 Å². The standard InChI is InChI=1S/C31H38ClN3O4S/c1-7-27(30(37)33-31(4,5)6)34(20-24-13-9-8-12-23(24)3)29(36)21-35(28-15-11-10-14-26(28)32)40(38,39)25-18-16-22(2)17-19-25/h8-19,27H,7,20-21H2,1-6H3,(H,33,37)/t27-/m1/s1. The second-order valence-corrected chi connectivity index (χ2v) is 13.2. The van der Waals surface area contributed by atoms with Crippen molar-refractivity contribution >= 4 is 39.1 Å². The fourth-order valence-electron chi connectivity index (χ4n) is 4.35. The summed E-state index contributed by atoms with van der Waals surface area (Å²) in [6, 6.07) is 19.7. The first-order chi connectivity index (χ1) is 18.7. The van der Waals surface area contributed by atoms with Crippen molar-refractivity contribution < 1.29 is 18.0 Å². The van der Waals surface area contributed by atoms with Crippen molar-refractivity contribution in [3.8, 4) is 0 Å². The van der Waals surface area contributed by atoms with Gasteiger partial charge in [-0.05, 0) is 76.4 Å². The van der Waals surface area contributed by atoms with E-state index in [1.54, 1.807) is 36.4 Å². The van der Waals surface area contributed by atoms with Gasteiger partial charge in [-0.1, -0.05) is 72.6 Å². The van der Waals surface area contributed by atoms with Crippen LogP contribution in [0.3, 0.4) is 0 Å². The number of nitrogens with zero attached hydrogens (tertiary/aromatic N) is 2. The summed E-state index contributed by atoms with van der Waals surface area (Å²) in [6.07, 6.45) is 0.344. The molecule has 0 aromatic heterocycles. The Hall–Kier alpha value is -3.36. The predicted octanol–water partition coefficient (Wildman–Crippen LogP) is 5.87. The van der Waals surface area contributed by atoms with Gasteiger partial charge in [0.2, 0.25) is 11.8 Å². The first-order valence-electron chi connectivity index (χ1n) is 13.2. The Morgan fingerprint density at radius 3 is 2.10 bits per heavy atom. The minimum atomic E-state index is -4.18. The molecule has 0 fully saturated rings. The predicted molar refractivity (Wildman–Crippen MR) is 161 cm³/mol. The highest BCUT2D eigenvalue weighted by atomic mass is 35.5. The molecule has 0 heterocycles. The lowest BCUT2D eigenvalue weighted by Crippen LogP contribution is -2.55. The van der Waals surface area contributed by atoms with Crippen LogP contribution in [0.1, 0.15) is 50.8 Å². The number of rotatable bonds is 10. The average molecular weight is 584 g/mol. The summed E-state index contributed by atoms with van der Waals surface area (Å²) in [5.74, 6) is -0.822. The summed E-state index contributed by atoms with van der Waals surface area (Å²) < 4.78 is 28.9. The van der Waals surface area contributed by atoms with Crippen molar-refractivity contribution in [2.24, 2.45) is 0 Å². The third-order valence-corrected chi connectivity index (χ3v) is 8.59. The molecule has 40 heavy (non-hydrogen) atoms. The van der Waals surface area contributed by atoms with Gasteiger partial charge in [0.15, 0.2) is 0 Å². The first-order valence-corrected chi connectivity index (χ1v) is 15.1. The summed E-state index contributed by atoms with van der Waals surface area (Å²) in [7, 11) is -4.18. The number of hydrogen-bond donors (Lipinski definition) is 1. The van der Waals surface area contributed by atoms with Gasteiger partial charge in [0, 0.05) is 12.1 Å². The Morgan fingerprint density at radius 2 is 1.52 bits per heavy atom. The Bertz CT molecular complexity index is 1450. The molecule has 0 bridgehead atoms. The third-order valence-electron chi connectivity index (χ3n) is 6.50. The van der Waals surface area contributed by atoms with Gasteiger partial charge in [-0.25, -0.2) is 8.42 Å². The van der Waals surface area contributed by atoms with Gasteiger partial charge in [-0.15, -0.1) is 0 Å². The van der Waals surface area contributed by atoms with Crippen LogP contribution in [0.2, 0.25) is 5.02 Å². The number of hydrogen-bond acceptors (Lipinski definition) is 4. The maximum atomic E-state index is 14.2. The molecule has 0 aliphatic carbocycles. The lowest BCUT2D eigenvalue weighted by molar-refractivity contribution is -0.141. The Balaban J connectivity index is 2.10. The van der Waals surface area contributed by atoms with E-state index in [4.69, 9.17) is 11.6 Å². The summed E-state index contributed by atoms with van der Waals surface area (Å²) in [6.45, 7) is 10.9. The van der Waals surface area contributed by atoms with E-state index in [0.29, 0.717) is 6.42 Å². The van der Waals surface area contributed by atoms with E-state index in [9.17, 15) is 18.0 Å². The largest absolute Gasteiger partial charge is 0.350 e. The van der Waals surface area contributed by atoms with Gasteiger partial charge in [-0.3, -0.25) is 13.9 Å². The number of halogens is 1. The van der Waals surface area contributed by atoms with Gasteiger partial charge >= 0.3 is 0 Å². The highest BCUT2D eigenvalue weighted by Gasteiger charge is 2.35. The summed E-state index contributed by atoms with van der Waals surface area (Å²) in [5, 5.41) is 3.16. The minimum absolute atomic E-state index is 0.0359. The van der Waals surface area contributed by atoms with Crippen molar-refractivity contribution in [3.05, 3.63) is 94.5 Å². The second-order valence-electron chi connectivity index (χ2n) is 10.9. The molecule has 2 amide bonds. The smallest absolute Gasteiger partial charge is 0.264 e. The number of nitrogens with one attached hydrogen (secondary N) is 1. The lowest BCUT2D eigenvalue weighted by Gasteiger charge is -2.35. The molecule has 214 valence electrons. The van der Waals surface area contributed by atoms with E-state index in [1.807, 2.05) is 65.8 Å². The second kappa shape index (κ2) is 12.9. The van der Waals surface area contributed by atoms with Crippen molar-refractivity contribution in [2.75, 3.05) is 10.8 Å². The van der Waals surface area contributed by atoms with E-state index < -0.39 is 34.1 Å². The van der Waals surface area contributed by atoms with E-state index in [1.165, 1.54) is 17.0 Å². The Labute approximate surface area is 243 Å². The molecule has 0 saturated heterocycles. The number of aryl methyl sites for hydroxylation is 2. The fourth-order valence-corrected chi connectivity index (χ4v) is 6.07. The molecule has 1 atom stereocenters. The molecule has 0 saturated carbocycles. The van der Waals surface area contributed by atoms with Crippen molar-refractivity contribution in [1.29, 1.82) is 0 Å². The zero-order valence-electron chi connectivity index (χ0n) is 23.9. The maximum absolute atomic E-state index is 14.2. The van der Waals surface area contributed by atoms with Gasteiger partial charge in [0.1, 0.15) is 12.6 Å². The first kappa shape index (κ1) is 31.2. The molecule has 0 unspecified atom stereocenters. The molecule has 3 aromatic carbocycles. The third kappa shape index (κ3) is 7.64. The number of sulfonamides is 1. The molecule has 0 aliphatic heterocycles. The molecule has 9 heteroatoms. The SMILES string of the molecule is CC[C@H](C(=O)NC(C)(C)C)N(Cc1ccccc1C)C(=O)CN(c1ccccc1Cl)S(=O)(=O)c1ccc(C)cc1. The number of amides is 2. The molecule has 0 radical (unpaired) electrons. The number of carbonyl (C=O) groups excluding carboxylic acids is 2. The van der Waals surface area contributed by atoms with E-state index in [0.717, 1.165) is 21.0 Å². The number of benzene rings is 3. The zero-order chi connectivity index (χ0) is 29.7. The van der Waals surface area contributed by atoms with Crippen LogP contribution >= 0.6 is 11.6 Å². The molecular weight excluding hydrogens is 546 g/mol. The molecule has 3 aromatic rings. The molecule has 7 nitrogen and oxygen atoms in total. The Morgan fingerprint density at radius 1 is 0.925 bits per heavy atom. The van der Waals surface area contributed by atoms with Crippen LogP contribution < -0.4 is 9.62 Å². The van der Waals surface area contributed by atoms with Gasteiger partial charge in [-0.2, -0.15) is 0 Å². The highest BCUT2D eigenvalue weighted by Crippen LogP contribution is 2.31. The van der Waals surface area contributed by atoms with Gasteiger partial charge in [0.05, 0.1) is 15.6 Å². The average Bonchev–Trinajstić information content (AvgIpc) is 2.88. The molecule has 0 aliphatic rings. The minimum Gasteiger partial charge on any atom is -0.350 e. The summed E-state index contributed by atoms with van der Waals surface area (Å²) >= 11 is 6.47. The van der Waals surface area contributed by atoms with Crippen LogP contribution in [0, 0.1) is 13.8 Å². The van der Waals surface area contributed by atoms with Crippen LogP contribution in [0.15, 0.2) is 77.7 Å². The molecule has 3 rings (SSSR count). The molecule has 0 spiro atoms. The van der Waals surface area contributed by atoms with Crippen molar-refractivity contribution in [1.82, 2.24) is 10.2 Å². The van der Waals surface area contributed by atoms with Crippen molar-refractivity contribution in [3.63, 3.8) is 0 Å². The number of para-hydroxylation sites is 1. The lowest BCUT2D eigenvalue weighted by atomic mass is 10.0. The van der Waals surface area contributed by atoms with Crippen LogP contribution in [-0.4, -0.2) is 43.3 Å². The monoisotopic (exact) mass is 583 g/mol. The number of carbonyl (C=O) groups is 2. The Kier molecular flexibility index (Phi) is 10.0. The van der Waals surface area contributed by atoms with E-state index in [-0.39, 0.29) is 28.1 Å². The van der Waals surface area contributed by atoms with E-state index >= 15 is 0 Å². The van der Waals surface area contributed by atoms with Gasteiger partial charge in [0.25, 0.3) is 10.0 Å². The van der Waals surface area contributed by atoms with Crippen LogP contribution in [0.4, 0.5) is 5.69 Å². The maximum Gasteiger partial charge on any atom is 0.264 e. The highest BCUT2D eigenvalue weighted by molar-refractivity contribution is 7.92. The van der Waals surface area contributed by atoms with Crippen LogP contribution in [0.25, 0.3) is 0 Å². The van der Waals surface area contributed by atoms with Gasteiger partial charge < -0.3 is 10.2 Å². The van der Waals surface area contributed by atoms with E-state index in [2.05, 4.69) is 5.32 Å². The number of anilines is 1. The fraction of sp³-hybridized carbons (Fsp3) is 0.355. The molecular formula is C31H38ClN3O4S. The quantitative estimate of drug-likeness (QED) is 0.323. The molecule has 1 N–H and O–H groups in total. The summed E-state index contributed by atoms with van der Waals surface area (Å²) in [4.78, 5) is 29.1. The topological polar surface area (TPSA) is 86.8 Å². The zero-order valence-corrected chi connectivity index (χ0v) is 25.5. The normalized spacial score (nSPS) is 12.5.